The molecule has 0 aromatic heterocycles. The van der Waals surface area contributed by atoms with E-state index < -0.39 is 20.3 Å². The molecule has 0 amide bonds. The molecule has 0 aromatic carbocycles. The van der Waals surface area contributed by atoms with E-state index in [-0.39, 0.29) is 6.10 Å². The highest BCUT2D eigenvalue weighted by atomic mass is 32.2. The van der Waals surface area contributed by atoms with E-state index in [4.69, 9.17) is 4.84 Å². The van der Waals surface area contributed by atoms with Gasteiger partial charge in [-0.25, -0.2) is 12.7 Å². The van der Waals surface area contributed by atoms with Crippen molar-refractivity contribution in [1.82, 2.24) is 9.73 Å². The smallest absolute Gasteiger partial charge is 0.233 e. The Morgan fingerprint density at radius 2 is 1.68 bits per heavy atom. The zero-order valence-electron chi connectivity index (χ0n) is 14.3. The number of sulfonamides is 1. The van der Waals surface area contributed by atoms with Crippen molar-refractivity contribution in [2.24, 2.45) is 5.28 Å². The van der Waals surface area contributed by atoms with E-state index in [2.05, 4.69) is 10.7 Å². The molecule has 130 valence electrons. The van der Waals surface area contributed by atoms with Gasteiger partial charge >= 0.3 is 0 Å². The molecule has 0 radical (unpaired) electrons. The summed E-state index contributed by atoms with van der Waals surface area (Å²) >= 11 is 0. The topological polar surface area (TPSA) is 97.1 Å². The van der Waals surface area contributed by atoms with Gasteiger partial charge in [0.25, 0.3) is 0 Å². The molecule has 1 saturated heterocycles. The van der Waals surface area contributed by atoms with Crippen molar-refractivity contribution < 1.29 is 18.2 Å². The Bertz CT molecular complexity index is 497. The van der Waals surface area contributed by atoms with Gasteiger partial charge in [0.15, 0.2) is 0 Å². The van der Waals surface area contributed by atoms with Crippen LogP contribution >= 0.6 is 0 Å². The van der Waals surface area contributed by atoms with Crippen LogP contribution in [0.25, 0.3) is 0 Å². The Balaban J connectivity index is 2.52. The molecule has 22 heavy (non-hydrogen) atoms. The molecule has 0 aromatic rings. The van der Waals surface area contributed by atoms with E-state index in [1.807, 2.05) is 20.8 Å². The first-order valence-corrected chi connectivity index (χ1v) is 8.88. The fourth-order valence-corrected chi connectivity index (χ4v) is 3.45. The zero-order valence-corrected chi connectivity index (χ0v) is 15.1. The second-order valence-corrected chi connectivity index (χ2v) is 10.2. The SMILES string of the molecule is CC(C)(C)N/[N+]([O-])=N/OC1CCN(S(=O)(=O)C(C)(C)C)CC1. The maximum atomic E-state index is 12.3. The molecule has 0 atom stereocenters. The first-order valence-electron chi connectivity index (χ1n) is 7.44. The van der Waals surface area contributed by atoms with Crippen LogP contribution in [0.1, 0.15) is 54.4 Å². The van der Waals surface area contributed by atoms with Crippen molar-refractivity contribution in [3.63, 3.8) is 0 Å². The summed E-state index contributed by atoms with van der Waals surface area (Å²) < 4.78 is 25.3. The summed E-state index contributed by atoms with van der Waals surface area (Å²) in [5.41, 5.74) is 2.19. The zero-order chi connectivity index (χ0) is 17.2. The number of hydrazine groups is 1. The fourth-order valence-electron chi connectivity index (χ4n) is 1.98. The minimum atomic E-state index is -3.32. The van der Waals surface area contributed by atoms with Crippen LogP contribution in [0.4, 0.5) is 0 Å². The Hall–Kier alpha value is -1.09. The number of nitrogens with zero attached hydrogens (tertiary/aromatic N) is 3. The molecule has 9 heteroatoms. The van der Waals surface area contributed by atoms with Crippen molar-refractivity contribution in [3.05, 3.63) is 5.21 Å². The van der Waals surface area contributed by atoms with Crippen LogP contribution in [0.5, 0.6) is 0 Å². The van der Waals surface area contributed by atoms with Gasteiger partial charge in [-0.2, -0.15) is 5.43 Å². The summed E-state index contributed by atoms with van der Waals surface area (Å²) in [6, 6.07) is 0. The predicted octanol–water partition coefficient (Wildman–Crippen LogP) is 1.78. The minimum Gasteiger partial charge on any atom is -0.569 e. The quantitative estimate of drug-likeness (QED) is 0.479. The summed E-state index contributed by atoms with van der Waals surface area (Å²) in [6.45, 7) is 11.3. The Labute approximate surface area is 133 Å². The molecule has 0 spiro atoms. The van der Waals surface area contributed by atoms with Gasteiger partial charge in [-0.05, 0) is 41.5 Å². The molecular weight excluding hydrogens is 308 g/mol. The van der Waals surface area contributed by atoms with Gasteiger partial charge in [-0.15, -0.1) is 0 Å². The lowest BCUT2D eigenvalue weighted by molar-refractivity contribution is -0.626. The highest BCUT2D eigenvalue weighted by Gasteiger charge is 2.37. The number of rotatable bonds is 4. The second-order valence-electron chi connectivity index (χ2n) is 7.54. The number of hydrogen-bond acceptors (Lipinski definition) is 5. The van der Waals surface area contributed by atoms with E-state index in [0.29, 0.717) is 30.9 Å². The first-order chi connectivity index (χ1) is 9.83. The van der Waals surface area contributed by atoms with Gasteiger partial charge in [0.2, 0.25) is 15.3 Å². The molecule has 0 saturated carbocycles. The van der Waals surface area contributed by atoms with Crippen molar-refractivity contribution in [2.45, 2.75) is 70.8 Å². The van der Waals surface area contributed by atoms with Gasteiger partial charge in [0.1, 0.15) is 6.10 Å². The van der Waals surface area contributed by atoms with Gasteiger partial charge in [-0.3, -0.25) is 0 Å². The summed E-state index contributed by atoms with van der Waals surface area (Å²) in [5, 5.41) is 14.9. The Morgan fingerprint density at radius 1 is 1.18 bits per heavy atom. The van der Waals surface area contributed by atoms with Crippen LogP contribution in [0.15, 0.2) is 5.28 Å². The lowest BCUT2D eigenvalue weighted by atomic mass is 10.1. The molecule has 1 heterocycles. The third-order valence-corrected chi connectivity index (χ3v) is 5.81. The van der Waals surface area contributed by atoms with Gasteiger partial charge in [0, 0.05) is 25.9 Å². The van der Waals surface area contributed by atoms with Crippen LogP contribution in [0, 0.1) is 5.21 Å². The average Bonchev–Trinajstić information content (AvgIpc) is 2.33. The summed E-state index contributed by atoms with van der Waals surface area (Å²) in [4.78, 5) is 5.50. The standard InChI is InChI=1S/C13H28N4O4S/c1-12(2,3)14-17(18)15-21-11-7-9-16(10-8-11)22(19,20)13(4,5)6/h11H,7-10H2,1-6H3,(H,14,15). The number of hydrogen-bond donors (Lipinski definition) is 1. The minimum absolute atomic E-state index is 0.246. The maximum Gasteiger partial charge on any atom is 0.233 e. The van der Waals surface area contributed by atoms with Crippen LogP contribution in [-0.2, 0) is 14.9 Å². The normalized spacial score (nSPS) is 20.0. The van der Waals surface area contributed by atoms with Gasteiger partial charge < -0.3 is 10.0 Å². The van der Waals surface area contributed by atoms with Gasteiger partial charge in [-0.1, -0.05) is 0 Å². The van der Waals surface area contributed by atoms with E-state index in [1.54, 1.807) is 20.8 Å². The van der Waals surface area contributed by atoms with Crippen LogP contribution < -0.4 is 5.43 Å². The molecule has 8 nitrogen and oxygen atoms in total. The lowest BCUT2D eigenvalue weighted by Crippen LogP contribution is -2.47. The third-order valence-electron chi connectivity index (χ3n) is 3.22. The highest BCUT2D eigenvalue weighted by molar-refractivity contribution is 7.90. The molecule has 1 aliphatic heterocycles. The lowest BCUT2D eigenvalue weighted by Gasteiger charge is -2.34. The van der Waals surface area contributed by atoms with E-state index in [9.17, 15) is 13.6 Å². The van der Waals surface area contributed by atoms with E-state index in [1.165, 1.54) is 4.31 Å². The highest BCUT2D eigenvalue weighted by Crippen LogP contribution is 2.24. The van der Waals surface area contributed by atoms with Gasteiger partial charge in [0.05, 0.1) is 15.3 Å². The van der Waals surface area contributed by atoms with Crippen molar-refractivity contribution in [1.29, 1.82) is 0 Å². The van der Waals surface area contributed by atoms with Crippen LogP contribution in [0.3, 0.4) is 0 Å². The van der Waals surface area contributed by atoms with Crippen molar-refractivity contribution >= 4 is 10.0 Å². The maximum absolute atomic E-state index is 12.3. The Kier molecular flexibility index (Phi) is 5.66. The molecule has 0 aliphatic carbocycles. The average molecular weight is 336 g/mol. The molecular formula is C13H28N4O4S. The molecule has 1 N–H and O–H groups in total. The summed E-state index contributed by atoms with van der Waals surface area (Å²) in [5.74, 6) is 0. The van der Waals surface area contributed by atoms with Crippen LogP contribution in [0.2, 0.25) is 0 Å². The molecule has 1 rings (SSSR count). The summed E-state index contributed by atoms with van der Waals surface area (Å²) in [6.07, 6.45) is 0.786. The fraction of sp³-hybridized carbons (Fsp3) is 1.00. The molecule has 0 unspecified atom stereocenters. The van der Waals surface area contributed by atoms with Crippen molar-refractivity contribution in [3.8, 4) is 0 Å². The Morgan fingerprint density at radius 3 is 2.09 bits per heavy atom. The monoisotopic (exact) mass is 336 g/mol. The van der Waals surface area contributed by atoms with E-state index in [0.717, 1.165) is 0 Å². The number of nitrogens with one attached hydrogen (secondary N) is 1. The van der Waals surface area contributed by atoms with Crippen molar-refractivity contribution in [2.75, 3.05) is 13.1 Å². The molecule has 0 bridgehead atoms. The molecule has 1 aliphatic rings. The third kappa shape index (κ3) is 5.28. The van der Waals surface area contributed by atoms with Crippen LogP contribution in [-0.4, -0.2) is 47.2 Å². The van der Waals surface area contributed by atoms with E-state index >= 15 is 0 Å². The summed E-state index contributed by atoms with van der Waals surface area (Å²) in [7, 11) is -3.32. The first kappa shape index (κ1) is 19.0. The largest absolute Gasteiger partial charge is 0.569 e. The molecule has 1 fully saturated rings. The number of piperidine rings is 1. The predicted molar refractivity (Wildman–Crippen MR) is 83.3 cm³/mol. The second kappa shape index (κ2) is 6.57.